The summed E-state index contributed by atoms with van der Waals surface area (Å²) in [6.07, 6.45) is 2.11. The van der Waals surface area contributed by atoms with E-state index in [-0.39, 0.29) is 131 Å². The van der Waals surface area contributed by atoms with Gasteiger partial charge >= 0.3 is 103 Å². The molecule has 88 valence electrons. The molecule has 0 aromatic rings. The van der Waals surface area contributed by atoms with Gasteiger partial charge in [0, 0.05) is 0 Å². The van der Waals surface area contributed by atoms with Crippen LogP contribution in [0.4, 0.5) is 0 Å². The normalized spacial score (nSPS) is 9.41. The van der Waals surface area contributed by atoms with Gasteiger partial charge in [0.1, 0.15) is 0 Å². The zero-order valence-corrected chi connectivity index (χ0v) is 17.5. The molecule has 0 aliphatic rings. The third kappa shape index (κ3) is 46.4. The van der Waals surface area contributed by atoms with Crippen molar-refractivity contribution in [2.24, 2.45) is 0 Å². The maximum absolute atomic E-state index is 9.98. The van der Waals surface area contributed by atoms with Gasteiger partial charge in [0.2, 0.25) is 0 Å². The molecule has 0 unspecified atom stereocenters. The van der Waals surface area contributed by atoms with Crippen LogP contribution >= 0.6 is 0 Å². The van der Waals surface area contributed by atoms with Gasteiger partial charge in [-0.3, -0.25) is 9.59 Å². The van der Waals surface area contributed by atoms with Crippen LogP contribution in [0.1, 0.15) is 27.7 Å². The summed E-state index contributed by atoms with van der Waals surface area (Å²) in [5, 5.41) is 20.0. The van der Waals surface area contributed by atoms with Crippen LogP contribution in [0.3, 0.4) is 0 Å². The average molecular weight is 294 g/mol. The van der Waals surface area contributed by atoms with Crippen LogP contribution in [0.25, 0.3) is 0 Å². The van der Waals surface area contributed by atoms with E-state index in [2.05, 4.69) is 0 Å². The van der Waals surface area contributed by atoms with Crippen molar-refractivity contribution in [2.45, 2.75) is 27.7 Å². The van der Waals surface area contributed by atoms with E-state index in [4.69, 9.17) is 0 Å². The number of carbonyl (C=O) groups excluding carboxylic acids is 2. The second kappa shape index (κ2) is 20.0. The van der Waals surface area contributed by atoms with Crippen LogP contribution in [0.2, 0.25) is 0 Å². The van der Waals surface area contributed by atoms with Gasteiger partial charge in [0.25, 0.3) is 0 Å². The van der Waals surface area contributed by atoms with Crippen molar-refractivity contribution in [3.63, 3.8) is 0 Å². The quantitative estimate of drug-likeness (QED) is 0.286. The summed E-state index contributed by atoms with van der Waals surface area (Å²) in [4.78, 5) is 20.0. The molecule has 17 heavy (non-hydrogen) atoms. The molecule has 0 atom stereocenters. The number of carbonyl (C=O) groups is 2. The van der Waals surface area contributed by atoms with E-state index in [9.17, 15) is 19.8 Å². The minimum Gasteiger partial charge on any atom is -0.876 e. The van der Waals surface area contributed by atoms with E-state index in [0.29, 0.717) is 0 Å². The monoisotopic (exact) mass is 294 g/mol. The van der Waals surface area contributed by atoms with Crippen LogP contribution < -0.4 is 113 Å². The van der Waals surface area contributed by atoms with Crippen molar-refractivity contribution < 1.29 is 128 Å². The van der Waals surface area contributed by atoms with Crippen LogP contribution in [0.5, 0.6) is 0 Å². The molecule has 0 amide bonds. The maximum atomic E-state index is 9.98. The topological polar surface area (TPSA) is 112 Å². The summed E-state index contributed by atoms with van der Waals surface area (Å²) < 4.78 is 0. The zero-order chi connectivity index (χ0) is 11.7. The molecule has 0 bridgehead atoms. The first-order valence-corrected chi connectivity index (χ1v) is 3.97. The van der Waals surface area contributed by atoms with E-state index in [1.807, 2.05) is 0 Å². The molecule has 0 aromatic carbocycles. The Bertz CT molecular complexity index is 236. The zero-order valence-electron chi connectivity index (χ0n) is 11.3. The van der Waals surface area contributed by atoms with Crippen molar-refractivity contribution in [1.29, 1.82) is 0 Å². The summed E-state index contributed by atoms with van der Waals surface area (Å²) in [7, 11) is 0. The second-order valence-electron chi connectivity index (χ2n) is 2.73. The maximum Gasteiger partial charge on any atom is 1.00 e. The number of hydrogen-bond acceptors (Lipinski definition) is 4. The third-order valence-corrected chi connectivity index (χ3v) is 0.813. The first kappa shape index (κ1) is 31.2. The molecule has 0 heterocycles. The molecular formula is C10H16K2O5. The van der Waals surface area contributed by atoms with E-state index < -0.39 is 0 Å². The molecule has 0 saturated heterocycles. The summed E-state index contributed by atoms with van der Waals surface area (Å²) in [6, 6.07) is 0. The molecule has 0 saturated carbocycles. The number of ketones is 2. The Balaban J connectivity index is -0.0000000480. The summed E-state index contributed by atoms with van der Waals surface area (Å²) in [5.74, 6) is -0.750. The molecule has 0 radical (unpaired) electrons. The van der Waals surface area contributed by atoms with Gasteiger partial charge < -0.3 is 15.7 Å². The van der Waals surface area contributed by atoms with Gasteiger partial charge in [-0.25, -0.2) is 0 Å². The molecule has 5 nitrogen and oxygen atoms in total. The average Bonchev–Trinajstić information content (AvgIpc) is 1.79. The Morgan fingerprint density at radius 3 is 0.941 bits per heavy atom. The summed E-state index contributed by atoms with van der Waals surface area (Å²) >= 11 is 0. The Hall–Kier alpha value is 1.65. The molecule has 0 aliphatic heterocycles. The molecule has 0 fully saturated rings. The predicted octanol–water partition coefficient (Wildman–Crippen LogP) is -7.14. The molecule has 0 aliphatic carbocycles. The van der Waals surface area contributed by atoms with Crippen molar-refractivity contribution >= 4 is 11.6 Å². The number of rotatable bonds is 2. The molecule has 0 spiro atoms. The van der Waals surface area contributed by atoms with E-state index in [0.717, 1.165) is 12.2 Å². The van der Waals surface area contributed by atoms with Gasteiger partial charge in [-0.15, -0.1) is 11.5 Å². The van der Waals surface area contributed by atoms with Gasteiger partial charge in [-0.2, -0.15) is 0 Å². The minimum absolute atomic E-state index is 0. The molecule has 0 aromatic heterocycles. The van der Waals surface area contributed by atoms with Crippen LogP contribution in [0.15, 0.2) is 23.7 Å². The molecular weight excluding hydrogens is 278 g/mol. The summed E-state index contributed by atoms with van der Waals surface area (Å²) in [6.45, 7) is 5.39. The summed E-state index contributed by atoms with van der Waals surface area (Å²) in [5.41, 5.74) is 0. The van der Waals surface area contributed by atoms with E-state index in [1.165, 1.54) is 27.7 Å². The smallest absolute Gasteiger partial charge is 0.876 e. The number of allylic oxidation sites excluding steroid dienone is 4. The third-order valence-electron chi connectivity index (χ3n) is 0.813. The molecule has 2 N–H and O–H groups in total. The van der Waals surface area contributed by atoms with Crippen molar-refractivity contribution in [1.82, 2.24) is 0 Å². The fraction of sp³-hybridized carbons (Fsp3) is 0.400. The Labute approximate surface area is 187 Å². The van der Waals surface area contributed by atoms with E-state index >= 15 is 0 Å². The van der Waals surface area contributed by atoms with Gasteiger partial charge in [-0.1, -0.05) is 13.8 Å². The van der Waals surface area contributed by atoms with Crippen molar-refractivity contribution in [2.75, 3.05) is 0 Å². The van der Waals surface area contributed by atoms with E-state index in [1.54, 1.807) is 0 Å². The van der Waals surface area contributed by atoms with Gasteiger partial charge in [0.15, 0.2) is 11.6 Å². The first-order valence-electron chi connectivity index (χ1n) is 3.97. The second-order valence-corrected chi connectivity index (χ2v) is 2.73. The minimum atomic E-state index is -0.187. The Kier molecular flexibility index (Phi) is 36.7. The SMILES string of the molecule is CC(=O)/C=C(\C)[O-].CC(=O)/C=C(\C)[O-].O.[K+].[K+]. The Morgan fingerprint density at radius 1 is 0.765 bits per heavy atom. The van der Waals surface area contributed by atoms with Crippen molar-refractivity contribution in [3.05, 3.63) is 23.7 Å². The van der Waals surface area contributed by atoms with Gasteiger partial charge in [-0.05, 0) is 26.0 Å². The van der Waals surface area contributed by atoms with Crippen LogP contribution in [0, 0.1) is 0 Å². The molecule has 7 heteroatoms. The largest absolute Gasteiger partial charge is 1.00 e. The Morgan fingerprint density at radius 2 is 0.941 bits per heavy atom. The fourth-order valence-corrected chi connectivity index (χ4v) is 0.572. The number of hydrogen-bond donors (Lipinski definition) is 0. The van der Waals surface area contributed by atoms with Crippen LogP contribution in [-0.4, -0.2) is 17.0 Å². The predicted molar refractivity (Wildman–Crippen MR) is 52.5 cm³/mol. The van der Waals surface area contributed by atoms with Crippen molar-refractivity contribution in [3.8, 4) is 0 Å². The first-order chi connectivity index (χ1) is 6.25. The standard InChI is InChI=1S/2C5H8O2.2K.H2O/c2*1-4(6)3-5(2)7;;;/h2*3,6H,1-2H3;;;1H2/q;;2*+1;/p-2/b2*4-3+;;;. The molecule has 0 rings (SSSR count). The van der Waals surface area contributed by atoms with Crippen LogP contribution in [-0.2, 0) is 9.59 Å². The fourth-order valence-electron chi connectivity index (χ4n) is 0.572. The van der Waals surface area contributed by atoms with Gasteiger partial charge in [0.05, 0.1) is 0 Å².